The minimum atomic E-state index is -1.46. The van der Waals surface area contributed by atoms with Crippen molar-refractivity contribution >= 4 is 11.8 Å². The molecule has 2 N–H and O–H groups in total. The predicted octanol–water partition coefficient (Wildman–Crippen LogP) is 6.27. The number of rotatable bonds is 16. The first-order chi connectivity index (χ1) is 21.3. The van der Waals surface area contributed by atoms with Gasteiger partial charge in [0, 0.05) is 18.4 Å². The number of hydrogen-bond donors (Lipinski definition) is 2. The summed E-state index contributed by atoms with van der Waals surface area (Å²) in [4.78, 5) is 0.655. The van der Waals surface area contributed by atoms with Crippen LogP contribution in [0.15, 0.2) is 102 Å². The number of hydrogen-bond acceptors (Lipinski definition) is 8. The van der Waals surface area contributed by atoms with Crippen molar-refractivity contribution in [3.8, 4) is 0 Å². The van der Waals surface area contributed by atoms with Crippen molar-refractivity contribution in [2.24, 2.45) is 0 Å². The van der Waals surface area contributed by atoms with Gasteiger partial charge in [0.1, 0.15) is 23.9 Å². The molecule has 3 aromatic rings. The van der Waals surface area contributed by atoms with Gasteiger partial charge in [0.05, 0.1) is 32.0 Å². The summed E-state index contributed by atoms with van der Waals surface area (Å²) < 4.78 is 30.9. The summed E-state index contributed by atoms with van der Waals surface area (Å²) in [6.07, 6.45) is -1.95. The third-order valence-corrected chi connectivity index (χ3v) is 8.92. The zero-order chi connectivity index (χ0) is 31.4. The van der Waals surface area contributed by atoms with E-state index in [2.05, 4.69) is 0 Å². The molecule has 4 rings (SSSR count). The highest BCUT2D eigenvalue weighted by atomic mass is 32.2. The Hall–Kier alpha value is -2.53. The summed E-state index contributed by atoms with van der Waals surface area (Å²) in [6.45, 7) is 6.93. The van der Waals surface area contributed by atoms with Crippen molar-refractivity contribution in [2.75, 3.05) is 12.9 Å². The first-order valence-electron chi connectivity index (χ1n) is 15.2. The van der Waals surface area contributed by atoms with Gasteiger partial charge in [-0.15, -0.1) is 11.8 Å². The molecule has 44 heavy (non-hydrogen) atoms. The molecule has 0 unspecified atom stereocenters. The number of aliphatic hydroxyl groups is 2. The zero-order valence-corrected chi connectivity index (χ0v) is 26.9. The molecular formula is C36H46O7S. The third-order valence-electron chi connectivity index (χ3n) is 7.83. The molecule has 3 aromatic carbocycles. The highest BCUT2D eigenvalue weighted by Crippen LogP contribution is 2.41. The molecule has 0 amide bonds. The number of methoxy groups -OCH3 is 1. The number of ether oxygens (including phenoxy) is 5. The van der Waals surface area contributed by atoms with Crippen LogP contribution in [-0.4, -0.2) is 65.5 Å². The van der Waals surface area contributed by atoms with Gasteiger partial charge in [0.25, 0.3) is 0 Å². The summed E-state index contributed by atoms with van der Waals surface area (Å²) in [6, 6.07) is 30.0. The van der Waals surface area contributed by atoms with Crippen LogP contribution in [0.5, 0.6) is 0 Å². The van der Waals surface area contributed by atoms with Crippen LogP contribution in [0.1, 0.15) is 43.9 Å². The normalized spacial score (nSPS) is 24.5. The van der Waals surface area contributed by atoms with E-state index < -0.39 is 36.3 Å². The molecule has 1 heterocycles. The van der Waals surface area contributed by atoms with Crippen LogP contribution in [0, 0.1) is 0 Å². The van der Waals surface area contributed by atoms with E-state index in [9.17, 15) is 10.2 Å². The van der Waals surface area contributed by atoms with Crippen LogP contribution < -0.4 is 0 Å². The maximum atomic E-state index is 12.1. The fourth-order valence-corrected chi connectivity index (χ4v) is 6.33. The molecule has 0 radical (unpaired) electrons. The third kappa shape index (κ3) is 9.49. The second-order valence-electron chi connectivity index (χ2n) is 11.1. The number of aliphatic hydroxyl groups excluding tert-OH is 1. The van der Waals surface area contributed by atoms with Crippen LogP contribution in [0.3, 0.4) is 0 Å². The molecule has 0 aromatic heterocycles. The molecule has 7 nitrogen and oxygen atoms in total. The predicted molar refractivity (Wildman–Crippen MR) is 174 cm³/mol. The molecule has 0 saturated carbocycles. The van der Waals surface area contributed by atoms with Gasteiger partial charge in [-0.25, -0.2) is 0 Å². The Morgan fingerprint density at radius 3 is 1.89 bits per heavy atom. The Balaban J connectivity index is 1.69. The number of benzene rings is 3. The zero-order valence-electron chi connectivity index (χ0n) is 26.1. The Bertz CT molecular complexity index is 1260. The molecule has 8 heteroatoms. The minimum absolute atomic E-state index is 0.0620. The second-order valence-corrected chi connectivity index (χ2v) is 12.4. The first kappa shape index (κ1) is 34.3. The molecule has 7 atom stereocenters. The Kier molecular flexibility index (Phi) is 13.5. The molecule has 1 aliphatic heterocycles. The van der Waals surface area contributed by atoms with Crippen LogP contribution in [0.2, 0.25) is 0 Å². The molecule has 0 bridgehead atoms. The molecule has 0 spiro atoms. The summed E-state index contributed by atoms with van der Waals surface area (Å²) in [5.41, 5.74) is 1.65. The van der Waals surface area contributed by atoms with Gasteiger partial charge < -0.3 is 33.9 Å². The van der Waals surface area contributed by atoms with E-state index in [4.69, 9.17) is 23.7 Å². The quantitative estimate of drug-likeness (QED) is 0.193. The van der Waals surface area contributed by atoms with Gasteiger partial charge in [-0.2, -0.15) is 0 Å². The highest BCUT2D eigenvalue weighted by molar-refractivity contribution is 8.03. The van der Waals surface area contributed by atoms with Gasteiger partial charge in [-0.1, -0.05) is 97.9 Å². The van der Waals surface area contributed by atoms with Gasteiger partial charge in [0.15, 0.2) is 6.29 Å². The van der Waals surface area contributed by atoms with Crippen LogP contribution in [-0.2, 0) is 43.5 Å². The van der Waals surface area contributed by atoms with E-state index in [1.165, 1.54) is 18.9 Å². The second kappa shape index (κ2) is 17.2. The van der Waals surface area contributed by atoms with E-state index in [0.717, 1.165) is 16.7 Å². The summed E-state index contributed by atoms with van der Waals surface area (Å²) in [5, 5.41) is 22.9. The molecule has 1 aliphatic rings. The summed E-state index contributed by atoms with van der Waals surface area (Å²) in [5.74, 6) is 0.700. The number of thioether (sulfide) groups is 1. The van der Waals surface area contributed by atoms with Crippen LogP contribution in [0.4, 0.5) is 0 Å². The topological polar surface area (TPSA) is 86.6 Å². The minimum Gasteiger partial charge on any atom is -0.388 e. The lowest BCUT2D eigenvalue weighted by Gasteiger charge is -2.45. The fourth-order valence-electron chi connectivity index (χ4n) is 5.29. The van der Waals surface area contributed by atoms with E-state index in [-0.39, 0.29) is 12.5 Å². The van der Waals surface area contributed by atoms with Crippen molar-refractivity contribution in [1.29, 1.82) is 0 Å². The highest BCUT2D eigenvalue weighted by Gasteiger charge is 2.48. The molecular weight excluding hydrogens is 576 g/mol. The van der Waals surface area contributed by atoms with Crippen molar-refractivity contribution in [3.05, 3.63) is 119 Å². The molecule has 238 valence electrons. The van der Waals surface area contributed by atoms with E-state index in [1.54, 1.807) is 6.92 Å². The van der Waals surface area contributed by atoms with E-state index in [0.29, 0.717) is 30.5 Å². The Labute approximate surface area is 266 Å². The monoisotopic (exact) mass is 622 g/mol. The standard InChI is InChI=1S/C36H46O7S/c1-5-44-33(36(38)22-31(37)35(39-4)43-27(36)3)21-32(41-24-29-17-11-7-12-18-29)34(42-25-30-19-13-8-14-20-30)26(2)40-23-28-15-9-6-10-16-28/h6-21,26-27,31-32,34-35,37-38H,5,22-25H2,1-4H3/b33-21+/t26-,27-,31-,32+,34-,35+,36-/m1/s1. The van der Waals surface area contributed by atoms with Crippen molar-refractivity contribution in [3.63, 3.8) is 0 Å². The smallest absolute Gasteiger partial charge is 0.183 e. The summed E-state index contributed by atoms with van der Waals surface area (Å²) in [7, 11) is 1.49. The summed E-state index contributed by atoms with van der Waals surface area (Å²) >= 11 is 1.50. The van der Waals surface area contributed by atoms with E-state index >= 15 is 0 Å². The fraction of sp³-hybridized carbons (Fsp3) is 0.444. The largest absolute Gasteiger partial charge is 0.388 e. The molecule has 1 saturated heterocycles. The lowest BCUT2D eigenvalue weighted by molar-refractivity contribution is -0.270. The Morgan fingerprint density at radius 1 is 0.886 bits per heavy atom. The maximum Gasteiger partial charge on any atom is 0.183 e. The Morgan fingerprint density at radius 2 is 1.39 bits per heavy atom. The van der Waals surface area contributed by atoms with Crippen LogP contribution in [0.25, 0.3) is 0 Å². The van der Waals surface area contributed by atoms with Crippen molar-refractivity contribution in [1.82, 2.24) is 0 Å². The lowest BCUT2D eigenvalue weighted by atomic mass is 9.86. The maximum absolute atomic E-state index is 12.1. The average molecular weight is 623 g/mol. The van der Waals surface area contributed by atoms with Crippen molar-refractivity contribution < 1.29 is 33.9 Å². The molecule has 0 aliphatic carbocycles. The van der Waals surface area contributed by atoms with E-state index in [1.807, 2.05) is 111 Å². The molecule has 1 fully saturated rings. The SMILES string of the molecule is CCS/C(=C/[C@H](OCc1ccccc1)[C@H](OCc1ccccc1)[C@@H](C)OCc1ccccc1)[C@@]1(O)C[C@@H](O)[C@@H](OC)O[C@@H]1C. The van der Waals surface area contributed by atoms with Crippen LogP contribution >= 0.6 is 11.8 Å². The van der Waals surface area contributed by atoms with Gasteiger partial charge in [-0.05, 0) is 42.4 Å². The first-order valence-corrected chi connectivity index (χ1v) is 16.2. The van der Waals surface area contributed by atoms with Crippen molar-refractivity contribution in [2.45, 2.75) is 89.4 Å². The lowest BCUT2D eigenvalue weighted by Crippen LogP contribution is -2.56. The van der Waals surface area contributed by atoms with Gasteiger partial charge >= 0.3 is 0 Å². The average Bonchev–Trinajstić information content (AvgIpc) is 3.05. The van der Waals surface area contributed by atoms with Gasteiger partial charge in [-0.3, -0.25) is 0 Å². The van der Waals surface area contributed by atoms with Gasteiger partial charge in [0.2, 0.25) is 0 Å².